The fraction of sp³-hybridized carbons (Fsp3) is 0.636. The van der Waals surface area contributed by atoms with Crippen LogP contribution in [-0.2, 0) is 0 Å². The second-order valence-corrected chi connectivity index (χ2v) is 4.14. The van der Waals surface area contributed by atoms with Crippen molar-refractivity contribution in [2.24, 2.45) is 0 Å². The van der Waals surface area contributed by atoms with Gasteiger partial charge in [-0.2, -0.15) is 5.10 Å². The van der Waals surface area contributed by atoms with Crippen LogP contribution < -0.4 is 4.90 Å². The molecular formula is C11H18N4O. The van der Waals surface area contributed by atoms with Crippen molar-refractivity contribution in [3.8, 4) is 0 Å². The van der Waals surface area contributed by atoms with Gasteiger partial charge in [-0.1, -0.05) is 0 Å². The predicted octanol–water partition coefficient (Wildman–Crippen LogP) is -0.101. The number of anilines is 1. The second kappa shape index (κ2) is 5.23. The molecule has 1 aromatic rings. The molecule has 1 aliphatic rings. The Morgan fingerprint density at radius 1 is 1.31 bits per heavy atom. The SMILES string of the molecule is Cc1cnnc(N2CCN(CCO)CC2)c1. The van der Waals surface area contributed by atoms with E-state index in [-0.39, 0.29) is 6.61 Å². The van der Waals surface area contributed by atoms with E-state index in [0.29, 0.717) is 0 Å². The fourth-order valence-electron chi connectivity index (χ4n) is 1.95. The lowest BCUT2D eigenvalue weighted by Gasteiger charge is -2.34. The van der Waals surface area contributed by atoms with Gasteiger partial charge in [0.05, 0.1) is 12.8 Å². The summed E-state index contributed by atoms with van der Waals surface area (Å²) in [4.78, 5) is 4.51. The van der Waals surface area contributed by atoms with E-state index in [2.05, 4.69) is 26.1 Å². The summed E-state index contributed by atoms with van der Waals surface area (Å²) in [5.74, 6) is 0.962. The normalized spacial score (nSPS) is 17.8. The minimum atomic E-state index is 0.240. The zero-order chi connectivity index (χ0) is 11.4. The van der Waals surface area contributed by atoms with Gasteiger partial charge in [-0.25, -0.2) is 0 Å². The van der Waals surface area contributed by atoms with Gasteiger partial charge in [-0.3, -0.25) is 4.90 Å². The first kappa shape index (κ1) is 11.3. The summed E-state index contributed by atoms with van der Waals surface area (Å²) < 4.78 is 0. The summed E-state index contributed by atoms with van der Waals surface area (Å²) in [6.45, 7) is 6.92. The first-order chi connectivity index (χ1) is 7.79. The maximum atomic E-state index is 8.86. The summed E-state index contributed by atoms with van der Waals surface area (Å²) in [7, 11) is 0. The molecule has 2 heterocycles. The van der Waals surface area contributed by atoms with Crippen LogP contribution in [0.15, 0.2) is 12.3 Å². The molecule has 0 spiro atoms. The van der Waals surface area contributed by atoms with Crippen LogP contribution in [0, 0.1) is 6.92 Å². The number of nitrogens with zero attached hydrogens (tertiary/aromatic N) is 4. The third-order valence-electron chi connectivity index (χ3n) is 2.89. The lowest BCUT2D eigenvalue weighted by atomic mass is 10.3. The Morgan fingerprint density at radius 2 is 2.06 bits per heavy atom. The van der Waals surface area contributed by atoms with E-state index >= 15 is 0 Å². The zero-order valence-electron chi connectivity index (χ0n) is 9.63. The van der Waals surface area contributed by atoms with Gasteiger partial charge in [0.1, 0.15) is 0 Å². The molecule has 5 heteroatoms. The molecule has 0 radical (unpaired) electrons. The smallest absolute Gasteiger partial charge is 0.151 e. The quantitative estimate of drug-likeness (QED) is 0.774. The summed E-state index contributed by atoms with van der Waals surface area (Å²) in [5, 5.41) is 17.0. The van der Waals surface area contributed by atoms with Crippen LogP contribution in [0.1, 0.15) is 5.56 Å². The van der Waals surface area contributed by atoms with Crippen molar-refractivity contribution in [2.45, 2.75) is 6.92 Å². The molecule has 1 N–H and O–H groups in total. The maximum absolute atomic E-state index is 8.86. The highest BCUT2D eigenvalue weighted by Crippen LogP contribution is 2.13. The Bertz CT molecular complexity index is 337. The molecule has 0 amide bonds. The Morgan fingerprint density at radius 3 is 2.69 bits per heavy atom. The molecule has 1 aliphatic heterocycles. The minimum Gasteiger partial charge on any atom is -0.395 e. The molecule has 1 fully saturated rings. The number of aliphatic hydroxyl groups excluding tert-OH is 1. The molecule has 0 atom stereocenters. The molecule has 1 saturated heterocycles. The number of hydrogen-bond donors (Lipinski definition) is 1. The van der Waals surface area contributed by atoms with Crippen molar-refractivity contribution in [3.63, 3.8) is 0 Å². The summed E-state index contributed by atoms with van der Waals surface area (Å²) in [6, 6.07) is 2.06. The standard InChI is InChI=1S/C11H18N4O/c1-10-8-11(13-12-9-10)15-4-2-14(3-5-15)6-7-16/h8-9,16H,2-7H2,1H3. The molecule has 0 aromatic carbocycles. The van der Waals surface area contributed by atoms with Crippen LogP contribution in [0.5, 0.6) is 0 Å². The van der Waals surface area contributed by atoms with Crippen molar-refractivity contribution in [2.75, 3.05) is 44.2 Å². The highest BCUT2D eigenvalue weighted by atomic mass is 16.3. The van der Waals surface area contributed by atoms with Crippen LogP contribution in [0.25, 0.3) is 0 Å². The number of aromatic nitrogens is 2. The van der Waals surface area contributed by atoms with Crippen molar-refractivity contribution in [3.05, 3.63) is 17.8 Å². The fourth-order valence-corrected chi connectivity index (χ4v) is 1.95. The second-order valence-electron chi connectivity index (χ2n) is 4.14. The van der Waals surface area contributed by atoms with E-state index in [1.165, 1.54) is 0 Å². The number of hydrogen-bond acceptors (Lipinski definition) is 5. The summed E-state index contributed by atoms with van der Waals surface area (Å²) in [5.41, 5.74) is 1.14. The summed E-state index contributed by atoms with van der Waals surface area (Å²) in [6.07, 6.45) is 1.77. The van der Waals surface area contributed by atoms with E-state index in [1.54, 1.807) is 6.20 Å². The average molecular weight is 222 g/mol. The number of aryl methyl sites for hydroxylation is 1. The van der Waals surface area contributed by atoms with Crippen LogP contribution in [-0.4, -0.2) is 59.5 Å². The molecule has 88 valence electrons. The monoisotopic (exact) mass is 222 g/mol. The minimum absolute atomic E-state index is 0.240. The third-order valence-corrected chi connectivity index (χ3v) is 2.89. The van der Waals surface area contributed by atoms with Crippen LogP contribution in [0.3, 0.4) is 0 Å². The lowest BCUT2D eigenvalue weighted by Crippen LogP contribution is -2.47. The molecule has 1 aromatic heterocycles. The Hall–Kier alpha value is -1.20. The molecule has 5 nitrogen and oxygen atoms in total. The average Bonchev–Trinajstić information content (AvgIpc) is 2.30. The van der Waals surface area contributed by atoms with E-state index in [0.717, 1.165) is 44.1 Å². The number of aliphatic hydroxyl groups is 1. The lowest BCUT2D eigenvalue weighted by molar-refractivity contribution is 0.188. The summed E-state index contributed by atoms with van der Waals surface area (Å²) >= 11 is 0. The highest BCUT2D eigenvalue weighted by molar-refractivity contribution is 5.39. The van der Waals surface area contributed by atoms with E-state index in [4.69, 9.17) is 5.11 Å². The highest BCUT2D eigenvalue weighted by Gasteiger charge is 2.17. The topological polar surface area (TPSA) is 52.5 Å². The van der Waals surface area contributed by atoms with E-state index < -0.39 is 0 Å². The van der Waals surface area contributed by atoms with Crippen molar-refractivity contribution in [1.82, 2.24) is 15.1 Å². The number of rotatable bonds is 3. The predicted molar refractivity (Wildman–Crippen MR) is 62.5 cm³/mol. The molecular weight excluding hydrogens is 204 g/mol. The van der Waals surface area contributed by atoms with Gasteiger partial charge in [-0.15, -0.1) is 5.10 Å². The molecule has 0 saturated carbocycles. The van der Waals surface area contributed by atoms with Gasteiger partial charge in [0.2, 0.25) is 0 Å². The number of β-amino-alcohol motifs (C(OH)–C–C–N with tert-alkyl or cyclic N) is 1. The first-order valence-corrected chi connectivity index (χ1v) is 5.67. The van der Waals surface area contributed by atoms with Crippen molar-refractivity contribution < 1.29 is 5.11 Å². The van der Waals surface area contributed by atoms with Gasteiger partial charge in [-0.05, 0) is 18.6 Å². The van der Waals surface area contributed by atoms with E-state index in [9.17, 15) is 0 Å². The van der Waals surface area contributed by atoms with Crippen molar-refractivity contribution >= 4 is 5.82 Å². The van der Waals surface area contributed by atoms with Crippen LogP contribution in [0.4, 0.5) is 5.82 Å². The van der Waals surface area contributed by atoms with E-state index in [1.807, 2.05) is 6.92 Å². The third kappa shape index (κ3) is 2.68. The molecule has 0 aliphatic carbocycles. The zero-order valence-corrected chi connectivity index (χ0v) is 9.63. The Balaban J connectivity index is 1.94. The Kier molecular flexibility index (Phi) is 3.69. The van der Waals surface area contributed by atoms with Crippen LogP contribution >= 0.6 is 0 Å². The maximum Gasteiger partial charge on any atom is 0.151 e. The molecule has 16 heavy (non-hydrogen) atoms. The van der Waals surface area contributed by atoms with Gasteiger partial charge >= 0.3 is 0 Å². The Labute approximate surface area is 95.7 Å². The molecule has 0 unspecified atom stereocenters. The van der Waals surface area contributed by atoms with Crippen molar-refractivity contribution in [1.29, 1.82) is 0 Å². The number of piperazine rings is 1. The molecule has 0 bridgehead atoms. The molecule has 2 rings (SSSR count). The van der Waals surface area contributed by atoms with Crippen LogP contribution in [0.2, 0.25) is 0 Å². The van der Waals surface area contributed by atoms with Gasteiger partial charge in [0.25, 0.3) is 0 Å². The first-order valence-electron chi connectivity index (χ1n) is 5.67. The van der Waals surface area contributed by atoms with Gasteiger partial charge < -0.3 is 10.0 Å². The van der Waals surface area contributed by atoms with Gasteiger partial charge in [0, 0.05) is 32.7 Å². The largest absolute Gasteiger partial charge is 0.395 e. The van der Waals surface area contributed by atoms with Gasteiger partial charge in [0.15, 0.2) is 5.82 Å².